The van der Waals surface area contributed by atoms with E-state index in [0.717, 1.165) is 38.7 Å². The van der Waals surface area contributed by atoms with Gasteiger partial charge >= 0.3 is 5.97 Å². The van der Waals surface area contributed by atoms with E-state index in [-0.39, 0.29) is 11.8 Å². The summed E-state index contributed by atoms with van der Waals surface area (Å²) in [5, 5.41) is 8.52. The Kier molecular flexibility index (Phi) is 5.22. The average molecular weight is 476 g/mol. The molecule has 0 spiro atoms. The summed E-state index contributed by atoms with van der Waals surface area (Å²) in [6, 6.07) is 20.4. The molecular formula is C31H25NO4. The molecule has 178 valence electrons. The van der Waals surface area contributed by atoms with E-state index >= 15 is 0 Å². The number of hydrogen-bond donors (Lipinski definition) is 0. The lowest BCUT2D eigenvalue weighted by Crippen LogP contribution is -2.40. The van der Waals surface area contributed by atoms with Gasteiger partial charge in [0.15, 0.2) is 0 Å². The predicted octanol–water partition coefficient (Wildman–Crippen LogP) is 6.62. The maximum absolute atomic E-state index is 13.5. The highest BCUT2D eigenvalue weighted by Crippen LogP contribution is 2.43. The Hall–Kier alpha value is -4.25. The molecule has 0 saturated heterocycles. The fourth-order valence-electron chi connectivity index (χ4n) is 5.51. The number of imide groups is 1. The molecule has 0 atom stereocenters. The molecule has 0 unspecified atom stereocenters. The van der Waals surface area contributed by atoms with E-state index in [9.17, 15) is 14.4 Å². The normalized spacial score (nSPS) is 13.4. The van der Waals surface area contributed by atoms with Gasteiger partial charge in [0.1, 0.15) is 0 Å². The zero-order valence-electron chi connectivity index (χ0n) is 20.1. The molecule has 0 fully saturated rings. The first-order chi connectivity index (χ1) is 17.5. The van der Waals surface area contributed by atoms with Crippen LogP contribution in [0, 0.1) is 0 Å². The molecule has 0 aliphatic carbocycles. The summed E-state index contributed by atoms with van der Waals surface area (Å²) < 4.78 is 5.12. The quantitative estimate of drug-likeness (QED) is 0.0662. The molecule has 36 heavy (non-hydrogen) atoms. The highest BCUT2D eigenvalue weighted by atomic mass is 16.5. The van der Waals surface area contributed by atoms with Crippen molar-refractivity contribution in [1.29, 1.82) is 0 Å². The number of unbranched alkanes of at least 4 members (excludes halogenated alkanes) is 2. The minimum Gasteiger partial charge on any atom is -0.462 e. The summed E-state index contributed by atoms with van der Waals surface area (Å²) >= 11 is 0. The lowest BCUT2D eigenvalue weighted by Gasteiger charge is -2.28. The molecule has 5 nitrogen and oxygen atoms in total. The second-order valence-electron chi connectivity index (χ2n) is 9.52. The van der Waals surface area contributed by atoms with Crippen molar-refractivity contribution in [3.05, 3.63) is 83.9 Å². The Balaban J connectivity index is 1.34. The van der Waals surface area contributed by atoms with Crippen LogP contribution in [0.25, 0.3) is 43.1 Å². The van der Waals surface area contributed by atoms with E-state index in [1.165, 1.54) is 15.7 Å². The standard InChI is InChI=1S/C31H25NO4/c1-18(2)31(35)36-17-5-3-4-16-32-29(33)24-14-12-22-20-10-6-8-19-9-7-11-21(26(19)20)23-13-15-25(30(32)34)28(24)27(22)23/h6-15H,1,3-5,16-17H2,2H3. The number of ether oxygens (including phenoxy) is 1. The highest BCUT2D eigenvalue weighted by molar-refractivity contribution is 6.38. The van der Waals surface area contributed by atoms with Gasteiger partial charge < -0.3 is 4.74 Å². The van der Waals surface area contributed by atoms with Crippen molar-refractivity contribution in [2.24, 2.45) is 0 Å². The summed E-state index contributed by atoms with van der Waals surface area (Å²) in [4.78, 5) is 39.8. The molecule has 2 amide bonds. The number of esters is 1. The maximum Gasteiger partial charge on any atom is 0.333 e. The Bertz CT molecular complexity index is 1630. The summed E-state index contributed by atoms with van der Waals surface area (Å²) in [5.41, 5.74) is 1.53. The summed E-state index contributed by atoms with van der Waals surface area (Å²) in [5.74, 6) is -0.893. The molecule has 0 N–H and O–H groups in total. The van der Waals surface area contributed by atoms with Gasteiger partial charge in [0, 0.05) is 28.6 Å². The summed E-state index contributed by atoms with van der Waals surface area (Å²) in [7, 11) is 0. The first kappa shape index (κ1) is 22.2. The molecule has 1 aliphatic rings. The van der Waals surface area contributed by atoms with Crippen LogP contribution in [0.5, 0.6) is 0 Å². The highest BCUT2D eigenvalue weighted by Gasteiger charge is 2.33. The van der Waals surface area contributed by atoms with Crippen LogP contribution in [0.1, 0.15) is 46.9 Å². The second kappa shape index (κ2) is 8.45. The molecule has 0 aromatic heterocycles. The van der Waals surface area contributed by atoms with E-state index in [1.54, 1.807) is 6.92 Å². The van der Waals surface area contributed by atoms with Gasteiger partial charge in [-0.1, -0.05) is 55.1 Å². The number of fused-ring (bicyclic) bond motifs is 2. The van der Waals surface area contributed by atoms with Gasteiger partial charge in [-0.25, -0.2) is 4.79 Å². The fourth-order valence-corrected chi connectivity index (χ4v) is 5.51. The molecule has 5 aromatic carbocycles. The first-order valence-electron chi connectivity index (χ1n) is 12.3. The van der Waals surface area contributed by atoms with Gasteiger partial charge in [0.2, 0.25) is 0 Å². The number of benzene rings is 5. The average Bonchev–Trinajstić information content (AvgIpc) is 2.89. The molecule has 6 rings (SSSR count). The van der Waals surface area contributed by atoms with Gasteiger partial charge in [0.25, 0.3) is 11.8 Å². The SMILES string of the molecule is C=C(C)C(=O)OCCCCCN1C(=O)c2ccc3c4cccc5cccc(c6ccc(c2c36)C1=O)c54. The van der Waals surface area contributed by atoms with E-state index in [2.05, 4.69) is 43.0 Å². The molecule has 0 bridgehead atoms. The molecule has 1 aliphatic heterocycles. The van der Waals surface area contributed by atoms with E-state index in [1.807, 2.05) is 24.3 Å². The van der Waals surface area contributed by atoms with Crippen LogP contribution in [0.15, 0.2) is 72.8 Å². The Morgan fingerprint density at radius 1 is 0.750 bits per heavy atom. The van der Waals surface area contributed by atoms with Gasteiger partial charge in [-0.2, -0.15) is 0 Å². The van der Waals surface area contributed by atoms with Gasteiger partial charge in [0.05, 0.1) is 6.61 Å². The van der Waals surface area contributed by atoms with Crippen LogP contribution in [0.4, 0.5) is 0 Å². The number of carbonyl (C=O) groups excluding carboxylic acids is 3. The minimum absolute atomic E-state index is 0.248. The van der Waals surface area contributed by atoms with Crippen LogP contribution >= 0.6 is 0 Å². The largest absolute Gasteiger partial charge is 0.462 e. The summed E-state index contributed by atoms with van der Waals surface area (Å²) in [6.45, 7) is 5.81. The molecule has 5 aromatic rings. The number of carbonyl (C=O) groups is 3. The number of hydrogen-bond acceptors (Lipinski definition) is 4. The molecule has 0 radical (unpaired) electrons. The predicted molar refractivity (Wildman–Crippen MR) is 143 cm³/mol. The number of nitrogens with zero attached hydrogens (tertiary/aromatic N) is 1. The zero-order chi connectivity index (χ0) is 25.0. The zero-order valence-corrected chi connectivity index (χ0v) is 20.1. The second-order valence-corrected chi connectivity index (χ2v) is 9.52. The molecule has 0 saturated carbocycles. The smallest absolute Gasteiger partial charge is 0.333 e. The molecule has 1 heterocycles. The van der Waals surface area contributed by atoms with Crippen LogP contribution in [0.2, 0.25) is 0 Å². The van der Waals surface area contributed by atoms with Crippen LogP contribution < -0.4 is 0 Å². The van der Waals surface area contributed by atoms with Crippen molar-refractivity contribution in [2.45, 2.75) is 26.2 Å². The van der Waals surface area contributed by atoms with Crippen LogP contribution in [-0.2, 0) is 9.53 Å². The molecular weight excluding hydrogens is 450 g/mol. The van der Waals surface area contributed by atoms with E-state index < -0.39 is 5.97 Å². The van der Waals surface area contributed by atoms with E-state index in [0.29, 0.717) is 42.7 Å². The third-order valence-corrected chi connectivity index (χ3v) is 7.20. The fraction of sp³-hybridized carbons (Fsp3) is 0.194. The van der Waals surface area contributed by atoms with Crippen molar-refractivity contribution in [3.63, 3.8) is 0 Å². The molecule has 5 heteroatoms. The van der Waals surface area contributed by atoms with Crippen molar-refractivity contribution >= 4 is 60.9 Å². The summed E-state index contributed by atoms with van der Waals surface area (Å²) in [6.07, 6.45) is 2.05. The third kappa shape index (κ3) is 3.27. The Morgan fingerprint density at radius 3 is 1.92 bits per heavy atom. The lowest BCUT2D eigenvalue weighted by molar-refractivity contribution is -0.139. The Labute approximate surface area is 208 Å². The number of amides is 2. The van der Waals surface area contributed by atoms with Crippen LogP contribution in [-0.4, -0.2) is 35.8 Å². The van der Waals surface area contributed by atoms with Gasteiger partial charge in [-0.05, 0) is 76.0 Å². The van der Waals surface area contributed by atoms with Crippen molar-refractivity contribution in [1.82, 2.24) is 4.90 Å². The third-order valence-electron chi connectivity index (χ3n) is 7.20. The van der Waals surface area contributed by atoms with E-state index in [4.69, 9.17) is 4.74 Å². The Morgan fingerprint density at radius 2 is 1.33 bits per heavy atom. The van der Waals surface area contributed by atoms with Crippen molar-refractivity contribution < 1.29 is 19.1 Å². The maximum atomic E-state index is 13.5. The van der Waals surface area contributed by atoms with Crippen molar-refractivity contribution in [2.75, 3.05) is 13.2 Å². The number of rotatable bonds is 7. The minimum atomic E-state index is -0.396. The van der Waals surface area contributed by atoms with Gasteiger partial charge in [-0.3, -0.25) is 14.5 Å². The monoisotopic (exact) mass is 475 g/mol. The van der Waals surface area contributed by atoms with Crippen LogP contribution in [0.3, 0.4) is 0 Å². The lowest BCUT2D eigenvalue weighted by atomic mass is 9.85. The van der Waals surface area contributed by atoms with Crippen molar-refractivity contribution in [3.8, 4) is 0 Å². The first-order valence-corrected chi connectivity index (χ1v) is 12.3. The van der Waals surface area contributed by atoms with Gasteiger partial charge in [-0.15, -0.1) is 0 Å². The topological polar surface area (TPSA) is 63.7 Å².